The standard InChI is InChI=1S/C56H79N3O6SSi/c1-42(2)59(43(3)4)36-34-50(47-23-17-12-18-24-47)51-38-45(27-31-53(51)60)20-16-13-19-37-63-49-29-25-44(26-30-49)33-35-57-40-55(65-67(9,10)56(5,6)7)48-28-32-54(52(39-48)58-66(8,61)62)64-41-46-21-14-11-15-22-46/h11-12,14-15,17-18,21-32,38-39,42-43,50,55,57-58,60H,13,16,19-20,33-37,40-41H2,1-10H3. The van der Waals surface area contributed by atoms with Gasteiger partial charge in [-0.05, 0) is 156 Å². The van der Waals surface area contributed by atoms with Gasteiger partial charge in [-0.2, -0.15) is 0 Å². The van der Waals surface area contributed by atoms with Gasteiger partial charge in [0.1, 0.15) is 23.9 Å². The molecule has 0 spiro atoms. The van der Waals surface area contributed by atoms with Crippen molar-refractivity contribution < 1.29 is 27.4 Å². The normalized spacial score (nSPS) is 13.3. The van der Waals surface area contributed by atoms with Crippen molar-refractivity contribution in [1.82, 2.24) is 10.2 Å². The van der Waals surface area contributed by atoms with Gasteiger partial charge in [-0.3, -0.25) is 9.62 Å². The number of aromatic hydroxyl groups is 1. The molecule has 0 bridgehead atoms. The summed E-state index contributed by atoms with van der Waals surface area (Å²) in [7, 11) is -5.79. The van der Waals surface area contributed by atoms with Crippen LogP contribution in [0, 0.1) is 0 Å². The van der Waals surface area contributed by atoms with Crippen molar-refractivity contribution in [2.45, 2.75) is 136 Å². The molecule has 5 aromatic carbocycles. The average Bonchev–Trinajstić information content (AvgIpc) is 3.27. The number of phenolic OH excluding ortho intramolecular Hbond substituents is 1. The minimum Gasteiger partial charge on any atom is -0.508 e. The zero-order valence-electron chi connectivity index (χ0n) is 42.0. The van der Waals surface area contributed by atoms with Gasteiger partial charge in [0.2, 0.25) is 10.0 Å². The highest BCUT2D eigenvalue weighted by Crippen LogP contribution is 2.41. The van der Waals surface area contributed by atoms with Gasteiger partial charge < -0.3 is 24.3 Å². The molecule has 9 nitrogen and oxygen atoms in total. The van der Waals surface area contributed by atoms with E-state index >= 15 is 0 Å². The Morgan fingerprint density at radius 1 is 0.716 bits per heavy atom. The van der Waals surface area contributed by atoms with Gasteiger partial charge in [-0.1, -0.05) is 112 Å². The number of unbranched alkanes of at least 4 members (excludes halogenated alkanes) is 2. The number of hydrogen-bond donors (Lipinski definition) is 3. The maximum absolute atomic E-state index is 12.5. The van der Waals surface area contributed by atoms with E-state index in [-0.39, 0.29) is 17.1 Å². The highest BCUT2D eigenvalue weighted by atomic mass is 32.2. The molecule has 0 heterocycles. The maximum atomic E-state index is 12.5. The number of benzene rings is 5. The van der Waals surface area contributed by atoms with E-state index in [9.17, 15) is 13.5 Å². The van der Waals surface area contributed by atoms with Crippen LogP contribution in [0.5, 0.6) is 17.2 Å². The number of ether oxygens (including phenoxy) is 2. The van der Waals surface area contributed by atoms with Crippen LogP contribution in [0.1, 0.15) is 120 Å². The first kappa shape index (κ1) is 53.3. The second-order valence-corrected chi connectivity index (χ2v) is 26.6. The Labute approximate surface area is 404 Å². The minimum atomic E-state index is -3.57. The first-order chi connectivity index (χ1) is 31.8. The van der Waals surface area contributed by atoms with Crippen LogP contribution in [0.4, 0.5) is 5.69 Å². The number of rotatable bonds is 27. The highest BCUT2D eigenvalue weighted by Gasteiger charge is 2.39. The predicted octanol–water partition coefficient (Wildman–Crippen LogP) is 12.7. The molecule has 67 heavy (non-hydrogen) atoms. The van der Waals surface area contributed by atoms with E-state index in [1.807, 2.05) is 54.6 Å². The van der Waals surface area contributed by atoms with Crippen LogP contribution in [0.25, 0.3) is 0 Å². The van der Waals surface area contributed by atoms with Crippen LogP contribution in [0.15, 0.2) is 121 Å². The molecular weight excluding hydrogens is 871 g/mol. The van der Waals surface area contributed by atoms with Crippen molar-refractivity contribution in [3.8, 4) is 17.2 Å². The molecular formula is C56H79N3O6SSi. The number of hydrogen-bond acceptors (Lipinski definition) is 8. The summed E-state index contributed by atoms with van der Waals surface area (Å²) < 4.78 is 46.9. The summed E-state index contributed by atoms with van der Waals surface area (Å²) in [6, 6.07) is 41.6. The lowest BCUT2D eigenvalue weighted by Gasteiger charge is -2.39. The van der Waals surface area contributed by atoms with Gasteiger partial charge in [0.05, 0.1) is 24.7 Å². The topological polar surface area (TPSA) is 109 Å². The maximum Gasteiger partial charge on any atom is 0.229 e. The zero-order valence-corrected chi connectivity index (χ0v) is 43.8. The Morgan fingerprint density at radius 3 is 2.01 bits per heavy atom. The molecule has 0 aliphatic heterocycles. The number of anilines is 1. The molecule has 364 valence electrons. The van der Waals surface area contributed by atoms with Crippen molar-refractivity contribution in [3.63, 3.8) is 0 Å². The quantitative estimate of drug-likeness (QED) is 0.0353. The molecule has 0 radical (unpaired) electrons. The fourth-order valence-electron chi connectivity index (χ4n) is 8.28. The lowest BCUT2D eigenvalue weighted by molar-refractivity contribution is 0.170. The summed E-state index contributed by atoms with van der Waals surface area (Å²) in [5, 5.41) is 14.7. The number of nitrogens with zero attached hydrogens (tertiary/aromatic N) is 1. The molecule has 0 saturated heterocycles. The number of nitrogens with one attached hydrogen (secondary N) is 2. The van der Waals surface area contributed by atoms with Gasteiger partial charge in [-0.15, -0.1) is 0 Å². The van der Waals surface area contributed by atoms with Crippen LogP contribution in [-0.2, 0) is 33.9 Å². The Kier molecular flexibility index (Phi) is 20.0. The van der Waals surface area contributed by atoms with Crippen LogP contribution < -0.4 is 19.5 Å². The molecule has 11 heteroatoms. The fraction of sp³-hybridized carbons (Fsp3) is 0.464. The Hall–Kier alpha value is -4.65. The number of phenols is 1. The third-order valence-corrected chi connectivity index (χ3v) is 18.1. The molecule has 0 amide bonds. The van der Waals surface area contributed by atoms with E-state index in [2.05, 4.69) is 143 Å². The molecule has 0 aliphatic rings. The van der Waals surface area contributed by atoms with Crippen LogP contribution in [-0.4, -0.2) is 71.3 Å². The third kappa shape index (κ3) is 17.1. The highest BCUT2D eigenvalue weighted by molar-refractivity contribution is 7.92. The summed E-state index contributed by atoms with van der Waals surface area (Å²) in [6.45, 7) is 23.4. The van der Waals surface area contributed by atoms with Gasteiger partial charge in [0.15, 0.2) is 8.32 Å². The van der Waals surface area contributed by atoms with Crippen molar-refractivity contribution in [3.05, 3.63) is 155 Å². The van der Waals surface area contributed by atoms with E-state index < -0.39 is 18.3 Å². The van der Waals surface area contributed by atoms with Crippen LogP contribution in [0.2, 0.25) is 18.1 Å². The molecule has 5 aromatic rings. The molecule has 2 atom stereocenters. The summed E-state index contributed by atoms with van der Waals surface area (Å²) in [6.07, 6.45) is 6.67. The molecule has 2 unspecified atom stereocenters. The number of aryl methyl sites for hydroxylation is 1. The summed E-state index contributed by atoms with van der Waals surface area (Å²) in [5.41, 5.74) is 7.00. The van der Waals surface area contributed by atoms with E-state index in [0.717, 1.165) is 80.3 Å². The van der Waals surface area contributed by atoms with Gasteiger partial charge in [-0.25, -0.2) is 8.42 Å². The van der Waals surface area contributed by atoms with E-state index in [1.165, 1.54) is 16.7 Å². The monoisotopic (exact) mass is 950 g/mol. The lowest BCUT2D eigenvalue weighted by atomic mass is 9.86. The van der Waals surface area contributed by atoms with Gasteiger partial charge in [0.25, 0.3) is 0 Å². The zero-order chi connectivity index (χ0) is 48.6. The first-order valence-electron chi connectivity index (χ1n) is 24.3. The summed E-state index contributed by atoms with van der Waals surface area (Å²) in [4.78, 5) is 2.53. The Morgan fingerprint density at radius 2 is 1.37 bits per heavy atom. The lowest BCUT2D eigenvalue weighted by Crippen LogP contribution is -2.43. The SMILES string of the molecule is CC(C)N(CCC(c1ccccc1)c1cc(CCCCCOc2ccc(CCNCC(O[Si](C)(C)C(C)(C)C)c3ccc(OCc4ccccc4)c(NS(C)(=O)=O)c3)cc2)ccc1O)C(C)C. The molecule has 0 fully saturated rings. The largest absolute Gasteiger partial charge is 0.508 e. The van der Waals surface area contributed by atoms with Crippen LogP contribution >= 0.6 is 0 Å². The third-order valence-electron chi connectivity index (χ3n) is 13.0. The molecule has 0 aliphatic carbocycles. The second kappa shape index (κ2) is 25.1. The summed E-state index contributed by atoms with van der Waals surface area (Å²) in [5.74, 6) is 1.83. The second-order valence-electron chi connectivity index (χ2n) is 20.1. The molecule has 3 N–H and O–H groups in total. The van der Waals surface area contributed by atoms with Crippen molar-refractivity contribution in [1.29, 1.82) is 0 Å². The molecule has 5 rings (SSSR count). The Balaban J connectivity index is 1.11. The smallest absolute Gasteiger partial charge is 0.229 e. The van der Waals surface area contributed by atoms with Crippen molar-refractivity contribution >= 4 is 24.0 Å². The van der Waals surface area contributed by atoms with Crippen LogP contribution in [0.3, 0.4) is 0 Å². The molecule has 0 saturated carbocycles. The first-order valence-corrected chi connectivity index (χ1v) is 29.1. The van der Waals surface area contributed by atoms with Crippen molar-refractivity contribution in [2.75, 3.05) is 37.2 Å². The minimum absolute atomic E-state index is 0.0173. The Bertz CT molecular complexity index is 2340. The fourth-order valence-corrected chi connectivity index (χ4v) is 10.1. The van der Waals surface area contributed by atoms with Gasteiger partial charge in [0, 0.05) is 30.1 Å². The average molecular weight is 950 g/mol. The van der Waals surface area contributed by atoms with E-state index in [4.69, 9.17) is 13.9 Å². The predicted molar refractivity (Wildman–Crippen MR) is 281 cm³/mol. The summed E-state index contributed by atoms with van der Waals surface area (Å²) >= 11 is 0. The molecule has 0 aromatic heterocycles. The van der Waals surface area contributed by atoms with Crippen molar-refractivity contribution in [2.24, 2.45) is 0 Å². The van der Waals surface area contributed by atoms with Gasteiger partial charge >= 0.3 is 0 Å². The number of sulfonamides is 1. The van der Waals surface area contributed by atoms with E-state index in [1.54, 1.807) is 0 Å². The van der Waals surface area contributed by atoms with E-state index in [0.29, 0.717) is 49.0 Å².